The number of benzene rings is 2. The molecule has 0 saturated carbocycles. The number of hydrogen-bond acceptors (Lipinski definition) is 5. The lowest BCUT2D eigenvalue weighted by Gasteiger charge is -2.28. The number of aryl methyl sites for hydroxylation is 1. The first-order valence-electron chi connectivity index (χ1n) is 6.99. The van der Waals surface area contributed by atoms with Crippen LogP contribution in [-0.4, -0.2) is 15.5 Å². The van der Waals surface area contributed by atoms with Crippen LogP contribution < -0.4 is 9.64 Å². The minimum atomic E-state index is -3.97. The smallest absolute Gasteiger partial charge is 0.220 e. The fourth-order valence-electron chi connectivity index (χ4n) is 2.56. The maximum absolute atomic E-state index is 13.7. The van der Waals surface area contributed by atoms with Gasteiger partial charge in [0.25, 0.3) is 0 Å². The Morgan fingerprint density at radius 1 is 1.17 bits per heavy atom. The molecule has 0 saturated heterocycles. The van der Waals surface area contributed by atoms with E-state index in [-0.39, 0.29) is 10.6 Å². The number of hydrogen-bond donors (Lipinski definition) is 0. The summed E-state index contributed by atoms with van der Waals surface area (Å²) in [6.45, 7) is 1.87. The van der Waals surface area contributed by atoms with Crippen LogP contribution in [0.3, 0.4) is 0 Å². The third kappa shape index (κ3) is 2.41. The molecule has 0 aliphatic carbocycles. The zero-order valence-corrected chi connectivity index (χ0v) is 13.8. The highest BCUT2D eigenvalue weighted by Gasteiger charge is 2.33. The van der Waals surface area contributed by atoms with E-state index in [0.29, 0.717) is 11.4 Å². The van der Waals surface area contributed by atoms with E-state index in [2.05, 4.69) is 0 Å². The lowest BCUT2D eigenvalue weighted by Crippen LogP contribution is -2.22. The molecule has 0 N–H and O–H groups in total. The van der Waals surface area contributed by atoms with Gasteiger partial charge in [-0.15, -0.1) is 0 Å². The van der Waals surface area contributed by atoms with Gasteiger partial charge >= 0.3 is 0 Å². The van der Waals surface area contributed by atoms with Gasteiger partial charge in [0.1, 0.15) is 17.6 Å². The van der Waals surface area contributed by atoms with Gasteiger partial charge in [-0.25, -0.2) is 12.8 Å². The van der Waals surface area contributed by atoms with Crippen LogP contribution in [0, 0.1) is 24.1 Å². The molecular weight excluding hydrogens is 331 g/mol. The van der Waals surface area contributed by atoms with Crippen molar-refractivity contribution in [3.63, 3.8) is 0 Å². The number of anilines is 2. The number of rotatable bonds is 2. The van der Waals surface area contributed by atoms with E-state index >= 15 is 0 Å². The second kappa shape index (κ2) is 5.65. The molecule has 1 heterocycles. The normalized spacial score (nSPS) is 15.2. The topological polar surface area (TPSA) is 70.4 Å². The first-order valence-corrected chi connectivity index (χ1v) is 8.47. The average molecular weight is 344 g/mol. The molecule has 0 fully saturated rings. The summed E-state index contributed by atoms with van der Waals surface area (Å²) in [5, 5.41) is 9.22. The maximum atomic E-state index is 13.7. The number of allylic oxidation sites excluding steroid dienone is 1. The Labute approximate surface area is 139 Å². The molecule has 7 heteroatoms. The summed E-state index contributed by atoms with van der Waals surface area (Å²) in [6.07, 6.45) is 1.19. The van der Waals surface area contributed by atoms with Crippen LogP contribution in [0.5, 0.6) is 5.75 Å². The van der Waals surface area contributed by atoms with Crippen molar-refractivity contribution < 1.29 is 17.5 Å². The Bertz CT molecular complexity index is 1010. The van der Waals surface area contributed by atoms with Crippen molar-refractivity contribution in [2.45, 2.75) is 11.8 Å². The van der Waals surface area contributed by atoms with E-state index in [1.807, 2.05) is 13.0 Å². The zero-order chi connectivity index (χ0) is 17.5. The van der Waals surface area contributed by atoms with Crippen molar-refractivity contribution in [2.24, 2.45) is 0 Å². The maximum Gasteiger partial charge on any atom is 0.220 e. The molecular formula is C17H13FN2O3S. The molecule has 0 bridgehead atoms. The Morgan fingerprint density at radius 2 is 1.92 bits per heavy atom. The van der Waals surface area contributed by atoms with Crippen LogP contribution >= 0.6 is 0 Å². The Morgan fingerprint density at radius 3 is 2.58 bits per heavy atom. The third-order valence-corrected chi connectivity index (χ3v) is 5.41. The van der Waals surface area contributed by atoms with Gasteiger partial charge in [-0.1, -0.05) is 6.07 Å². The Kier molecular flexibility index (Phi) is 3.78. The highest BCUT2D eigenvalue weighted by molar-refractivity contribution is 7.95. The largest absolute Gasteiger partial charge is 0.495 e. The van der Waals surface area contributed by atoms with Crippen molar-refractivity contribution >= 4 is 21.2 Å². The van der Waals surface area contributed by atoms with E-state index < -0.39 is 20.6 Å². The van der Waals surface area contributed by atoms with Crippen LogP contribution in [0.2, 0.25) is 0 Å². The molecule has 1 aliphatic rings. The van der Waals surface area contributed by atoms with Gasteiger partial charge in [-0.05, 0) is 42.8 Å². The number of nitriles is 1. The van der Waals surface area contributed by atoms with Crippen molar-refractivity contribution in [1.82, 2.24) is 0 Å². The molecule has 2 aromatic rings. The molecule has 3 rings (SSSR count). The number of fused-ring (bicyclic) bond motifs is 1. The fraction of sp³-hybridized carbons (Fsp3) is 0.118. The van der Waals surface area contributed by atoms with E-state index in [0.717, 1.165) is 17.7 Å². The quantitative estimate of drug-likeness (QED) is 0.781. The van der Waals surface area contributed by atoms with Gasteiger partial charge in [-0.3, -0.25) is 0 Å². The predicted octanol–water partition coefficient (Wildman–Crippen LogP) is 3.43. The fourth-order valence-corrected chi connectivity index (χ4v) is 3.84. The lowest BCUT2D eigenvalue weighted by atomic mass is 10.1. The summed E-state index contributed by atoms with van der Waals surface area (Å²) >= 11 is 0. The van der Waals surface area contributed by atoms with Gasteiger partial charge < -0.3 is 9.64 Å². The van der Waals surface area contributed by atoms with Crippen LogP contribution in [0.1, 0.15) is 5.56 Å². The first-order chi connectivity index (χ1) is 11.4. The van der Waals surface area contributed by atoms with Crippen LogP contribution in [-0.2, 0) is 9.84 Å². The molecule has 122 valence electrons. The molecule has 5 nitrogen and oxygen atoms in total. The molecule has 0 unspecified atom stereocenters. The second-order valence-electron chi connectivity index (χ2n) is 5.27. The summed E-state index contributed by atoms with van der Waals surface area (Å²) in [4.78, 5) is 0.931. The zero-order valence-electron chi connectivity index (χ0n) is 12.9. The monoisotopic (exact) mass is 344 g/mol. The highest BCUT2D eigenvalue weighted by Crippen LogP contribution is 2.43. The molecule has 0 spiro atoms. The van der Waals surface area contributed by atoms with Gasteiger partial charge in [0.15, 0.2) is 4.91 Å². The Balaban J connectivity index is 2.35. The second-order valence-corrected chi connectivity index (χ2v) is 7.15. The summed E-state index contributed by atoms with van der Waals surface area (Å²) in [7, 11) is -2.49. The number of ether oxygens (including phenoxy) is 1. The molecule has 24 heavy (non-hydrogen) atoms. The van der Waals surface area contributed by atoms with Gasteiger partial charge in [0.2, 0.25) is 9.84 Å². The minimum absolute atomic E-state index is 0.119. The lowest BCUT2D eigenvalue weighted by molar-refractivity contribution is 0.415. The molecule has 0 radical (unpaired) electrons. The predicted molar refractivity (Wildman–Crippen MR) is 87.2 cm³/mol. The number of sulfone groups is 1. The summed E-state index contributed by atoms with van der Waals surface area (Å²) in [5.74, 6) is -0.0990. The van der Waals surface area contributed by atoms with Crippen LogP contribution in [0.15, 0.2) is 52.4 Å². The van der Waals surface area contributed by atoms with Crippen LogP contribution in [0.25, 0.3) is 0 Å². The minimum Gasteiger partial charge on any atom is -0.495 e. The SMILES string of the molecule is COc1ccc(C)cc1N1C=C(C#N)S(=O)(=O)c2ccc(F)cc21. The molecule has 2 aromatic carbocycles. The average Bonchev–Trinajstić information content (AvgIpc) is 2.54. The van der Waals surface area contributed by atoms with Crippen molar-refractivity contribution in [1.29, 1.82) is 5.26 Å². The summed E-state index contributed by atoms with van der Waals surface area (Å²) in [5.41, 5.74) is 1.56. The standard InChI is InChI=1S/C17H13FN2O3S/c1-11-3-5-16(23-2)14(7-11)20-10-13(9-19)24(21,22)17-6-4-12(18)8-15(17)20/h3-8,10H,1-2H3. The highest BCUT2D eigenvalue weighted by atomic mass is 32.2. The Hall–Kier alpha value is -2.85. The van der Waals surface area contributed by atoms with Crippen LogP contribution in [0.4, 0.5) is 15.8 Å². The molecule has 0 aromatic heterocycles. The van der Waals surface area contributed by atoms with E-state index in [9.17, 15) is 18.1 Å². The van der Waals surface area contributed by atoms with Crippen molar-refractivity contribution in [3.8, 4) is 11.8 Å². The molecule has 0 amide bonds. The molecule has 1 aliphatic heterocycles. The van der Waals surface area contributed by atoms with E-state index in [1.165, 1.54) is 24.3 Å². The number of nitrogens with zero attached hydrogens (tertiary/aromatic N) is 2. The number of methoxy groups -OCH3 is 1. The third-order valence-electron chi connectivity index (χ3n) is 3.71. The summed E-state index contributed by atoms with van der Waals surface area (Å²) in [6, 6.07) is 10.4. The van der Waals surface area contributed by atoms with Crippen molar-refractivity contribution in [2.75, 3.05) is 12.0 Å². The van der Waals surface area contributed by atoms with Crippen molar-refractivity contribution in [3.05, 3.63) is 58.9 Å². The van der Waals surface area contributed by atoms with Gasteiger partial charge in [0.05, 0.1) is 23.4 Å². The molecule has 0 atom stereocenters. The summed E-state index contributed by atoms with van der Waals surface area (Å²) < 4.78 is 44.0. The number of halogens is 1. The van der Waals surface area contributed by atoms with E-state index in [4.69, 9.17) is 4.74 Å². The van der Waals surface area contributed by atoms with Gasteiger partial charge in [0, 0.05) is 6.20 Å². The first kappa shape index (κ1) is 16.0. The van der Waals surface area contributed by atoms with E-state index in [1.54, 1.807) is 18.2 Å². The van der Waals surface area contributed by atoms with Gasteiger partial charge in [-0.2, -0.15) is 5.26 Å².